The van der Waals surface area contributed by atoms with Crippen molar-refractivity contribution in [3.63, 3.8) is 0 Å². The lowest BCUT2D eigenvalue weighted by Gasteiger charge is -2.11. The summed E-state index contributed by atoms with van der Waals surface area (Å²) in [7, 11) is 0. The van der Waals surface area contributed by atoms with Crippen LogP contribution in [0, 0.1) is 0 Å². The van der Waals surface area contributed by atoms with Crippen molar-refractivity contribution < 1.29 is 4.79 Å². The van der Waals surface area contributed by atoms with Gasteiger partial charge in [-0.3, -0.25) is 4.79 Å². The van der Waals surface area contributed by atoms with Gasteiger partial charge >= 0.3 is 0 Å². The van der Waals surface area contributed by atoms with E-state index >= 15 is 0 Å². The van der Waals surface area contributed by atoms with Gasteiger partial charge in [-0.05, 0) is 24.1 Å². The summed E-state index contributed by atoms with van der Waals surface area (Å²) in [6, 6.07) is 12.6. The van der Waals surface area contributed by atoms with Crippen LogP contribution in [0.5, 0.6) is 0 Å². The smallest absolute Gasteiger partial charge is 0.193 e. The summed E-state index contributed by atoms with van der Waals surface area (Å²) in [5.74, 6) is -0.0115. The quantitative estimate of drug-likeness (QED) is 0.710. The summed E-state index contributed by atoms with van der Waals surface area (Å²) in [6.45, 7) is 2.05. The predicted octanol–water partition coefficient (Wildman–Crippen LogP) is 5.18. The molecule has 19 heavy (non-hydrogen) atoms. The molecule has 0 aromatic heterocycles. The molecule has 0 saturated carbocycles. The molecule has 0 aliphatic heterocycles. The molecule has 2 aromatic rings. The van der Waals surface area contributed by atoms with E-state index in [2.05, 4.69) is 0 Å². The molecule has 0 amide bonds. The van der Waals surface area contributed by atoms with Crippen molar-refractivity contribution in [2.75, 3.05) is 0 Å². The van der Waals surface area contributed by atoms with E-state index in [-0.39, 0.29) is 5.78 Å². The van der Waals surface area contributed by atoms with Crippen molar-refractivity contribution in [3.8, 4) is 0 Å². The van der Waals surface area contributed by atoms with Gasteiger partial charge in [-0.1, -0.05) is 66.9 Å². The highest BCUT2D eigenvalue weighted by Crippen LogP contribution is 2.30. The highest BCUT2D eigenvalue weighted by molar-refractivity contribution is 6.43. The number of carbonyl (C=O) groups is 1. The SMILES string of the molecule is CCCc1c(C(=O)c2ccccc2)ccc(Cl)c1Cl. The van der Waals surface area contributed by atoms with Gasteiger partial charge in [0, 0.05) is 11.1 Å². The molecule has 0 aliphatic carbocycles. The molecule has 0 bridgehead atoms. The Kier molecular flexibility index (Phi) is 4.62. The van der Waals surface area contributed by atoms with Gasteiger partial charge in [-0.25, -0.2) is 0 Å². The molecular weight excluding hydrogens is 279 g/mol. The maximum Gasteiger partial charge on any atom is 0.193 e. The fourth-order valence-corrected chi connectivity index (χ4v) is 2.48. The molecule has 0 atom stereocenters. The largest absolute Gasteiger partial charge is 0.289 e. The first kappa shape index (κ1) is 14.1. The molecule has 0 radical (unpaired) electrons. The molecule has 98 valence electrons. The fourth-order valence-electron chi connectivity index (χ4n) is 2.04. The third-order valence-corrected chi connectivity index (χ3v) is 3.82. The molecule has 0 heterocycles. The molecule has 0 aliphatic rings. The van der Waals surface area contributed by atoms with Gasteiger partial charge in [0.25, 0.3) is 0 Å². The Morgan fingerprint density at radius 2 is 1.74 bits per heavy atom. The van der Waals surface area contributed by atoms with E-state index in [0.29, 0.717) is 21.2 Å². The number of carbonyl (C=O) groups excluding carboxylic acids is 1. The van der Waals surface area contributed by atoms with Gasteiger partial charge in [0.15, 0.2) is 5.78 Å². The summed E-state index contributed by atoms with van der Waals surface area (Å²) in [5.41, 5.74) is 2.14. The van der Waals surface area contributed by atoms with Crippen LogP contribution in [-0.4, -0.2) is 5.78 Å². The lowest BCUT2D eigenvalue weighted by atomic mass is 9.96. The maximum atomic E-state index is 12.5. The fraction of sp³-hybridized carbons (Fsp3) is 0.188. The molecule has 0 fully saturated rings. The Morgan fingerprint density at radius 3 is 2.37 bits per heavy atom. The van der Waals surface area contributed by atoms with Crippen LogP contribution < -0.4 is 0 Å². The zero-order valence-electron chi connectivity index (χ0n) is 10.6. The standard InChI is InChI=1S/C16H14Cl2O/c1-2-6-12-13(9-10-14(17)15(12)18)16(19)11-7-4-3-5-8-11/h3-5,7-10H,2,6H2,1H3. The van der Waals surface area contributed by atoms with Gasteiger partial charge in [-0.15, -0.1) is 0 Å². The van der Waals surface area contributed by atoms with Crippen LogP contribution in [0.3, 0.4) is 0 Å². The first-order valence-corrected chi connectivity index (χ1v) is 6.97. The average Bonchev–Trinajstić information content (AvgIpc) is 2.44. The number of benzene rings is 2. The molecule has 0 saturated heterocycles. The highest BCUT2D eigenvalue weighted by atomic mass is 35.5. The van der Waals surface area contributed by atoms with Crippen molar-refractivity contribution in [1.29, 1.82) is 0 Å². The minimum Gasteiger partial charge on any atom is -0.289 e. The van der Waals surface area contributed by atoms with E-state index in [4.69, 9.17) is 23.2 Å². The van der Waals surface area contributed by atoms with Crippen molar-refractivity contribution in [1.82, 2.24) is 0 Å². The predicted molar refractivity (Wildman–Crippen MR) is 80.3 cm³/mol. The molecule has 2 rings (SSSR count). The second kappa shape index (κ2) is 6.23. The van der Waals surface area contributed by atoms with Gasteiger partial charge in [0.2, 0.25) is 0 Å². The Morgan fingerprint density at radius 1 is 1.05 bits per heavy atom. The van der Waals surface area contributed by atoms with Crippen molar-refractivity contribution in [2.45, 2.75) is 19.8 Å². The van der Waals surface area contributed by atoms with E-state index in [0.717, 1.165) is 18.4 Å². The van der Waals surface area contributed by atoms with Crippen molar-refractivity contribution >= 4 is 29.0 Å². The first-order valence-electron chi connectivity index (χ1n) is 6.21. The highest BCUT2D eigenvalue weighted by Gasteiger charge is 2.17. The Balaban J connectivity index is 2.50. The van der Waals surface area contributed by atoms with Gasteiger partial charge < -0.3 is 0 Å². The Labute approximate surface area is 123 Å². The normalized spacial score (nSPS) is 10.5. The Bertz CT molecular complexity index is 591. The summed E-state index contributed by atoms with van der Waals surface area (Å²) in [5, 5.41) is 0.986. The molecule has 0 unspecified atom stereocenters. The minimum atomic E-state index is -0.0115. The van der Waals surface area contributed by atoms with Crippen LogP contribution in [0.15, 0.2) is 42.5 Å². The lowest BCUT2D eigenvalue weighted by Crippen LogP contribution is -2.06. The third-order valence-electron chi connectivity index (χ3n) is 2.98. The van der Waals surface area contributed by atoms with E-state index in [1.54, 1.807) is 24.3 Å². The third kappa shape index (κ3) is 2.99. The van der Waals surface area contributed by atoms with Crippen LogP contribution in [-0.2, 0) is 6.42 Å². The van der Waals surface area contributed by atoms with Gasteiger partial charge in [0.1, 0.15) is 0 Å². The summed E-state index contributed by atoms with van der Waals surface area (Å²) in [6.07, 6.45) is 1.66. The van der Waals surface area contributed by atoms with E-state index < -0.39 is 0 Å². The molecule has 0 spiro atoms. The zero-order valence-corrected chi connectivity index (χ0v) is 12.1. The number of hydrogen-bond acceptors (Lipinski definition) is 1. The molecule has 1 nitrogen and oxygen atoms in total. The molecule has 0 N–H and O–H groups in total. The maximum absolute atomic E-state index is 12.5. The van der Waals surface area contributed by atoms with Crippen LogP contribution in [0.25, 0.3) is 0 Å². The van der Waals surface area contributed by atoms with E-state index in [1.807, 2.05) is 25.1 Å². The molecule has 3 heteroatoms. The second-order valence-electron chi connectivity index (χ2n) is 4.33. The number of rotatable bonds is 4. The number of halogens is 2. The minimum absolute atomic E-state index is 0.0115. The Hall–Kier alpha value is -1.31. The zero-order chi connectivity index (χ0) is 13.8. The number of ketones is 1. The van der Waals surface area contributed by atoms with Crippen molar-refractivity contribution in [3.05, 3.63) is 69.2 Å². The summed E-state index contributed by atoms with van der Waals surface area (Å²) >= 11 is 12.3. The molecule has 2 aromatic carbocycles. The van der Waals surface area contributed by atoms with Crippen LogP contribution in [0.2, 0.25) is 10.0 Å². The van der Waals surface area contributed by atoms with Gasteiger partial charge in [0.05, 0.1) is 10.0 Å². The monoisotopic (exact) mass is 292 g/mol. The summed E-state index contributed by atoms with van der Waals surface area (Å²) < 4.78 is 0. The first-order chi connectivity index (χ1) is 9.15. The van der Waals surface area contributed by atoms with E-state index in [1.165, 1.54) is 0 Å². The number of hydrogen-bond donors (Lipinski definition) is 0. The van der Waals surface area contributed by atoms with Crippen molar-refractivity contribution in [2.24, 2.45) is 0 Å². The summed E-state index contributed by atoms with van der Waals surface area (Å²) in [4.78, 5) is 12.5. The molecular formula is C16H14Cl2O. The van der Waals surface area contributed by atoms with E-state index in [9.17, 15) is 4.79 Å². The van der Waals surface area contributed by atoms with Crippen LogP contribution in [0.1, 0.15) is 34.8 Å². The van der Waals surface area contributed by atoms with Crippen LogP contribution in [0.4, 0.5) is 0 Å². The average molecular weight is 293 g/mol. The lowest BCUT2D eigenvalue weighted by molar-refractivity contribution is 0.103. The topological polar surface area (TPSA) is 17.1 Å². The second-order valence-corrected chi connectivity index (χ2v) is 5.12. The van der Waals surface area contributed by atoms with Crippen LogP contribution >= 0.6 is 23.2 Å². The van der Waals surface area contributed by atoms with Gasteiger partial charge in [-0.2, -0.15) is 0 Å².